The standard InChI is InChI=1S/C12H11Cl2N3O/c1-7-2-11(15)17-12(16-7)6-18-10-4-8(13)3-9(14)5-10/h2-5H,6H2,1H3,(H2,15,16,17). The molecule has 2 N–H and O–H groups in total. The Bertz CT molecular complexity index is 483. The highest BCUT2D eigenvalue weighted by Crippen LogP contribution is 2.24. The molecule has 0 spiro atoms. The summed E-state index contributed by atoms with van der Waals surface area (Å²) in [6.45, 7) is 2.06. The lowest BCUT2D eigenvalue weighted by Gasteiger charge is -2.07. The molecule has 94 valence electrons. The summed E-state index contributed by atoms with van der Waals surface area (Å²) in [4.78, 5) is 8.28. The van der Waals surface area contributed by atoms with Crippen molar-refractivity contribution in [3.63, 3.8) is 0 Å². The summed E-state index contributed by atoms with van der Waals surface area (Å²) < 4.78 is 5.51. The van der Waals surface area contributed by atoms with Crippen molar-refractivity contribution in [3.05, 3.63) is 45.8 Å². The van der Waals surface area contributed by atoms with Crippen LogP contribution in [0.25, 0.3) is 0 Å². The van der Waals surface area contributed by atoms with E-state index in [0.29, 0.717) is 27.4 Å². The predicted octanol–water partition coefficient (Wildman–Crippen LogP) is 3.25. The molecule has 0 saturated carbocycles. The SMILES string of the molecule is Cc1cc(N)nc(COc2cc(Cl)cc(Cl)c2)n1. The molecule has 0 bridgehead atoms. The number of nitrogens with two attached hydrogens (primary N) is 1. The second kappa shape index (κ2) is 5.42. The van der Waals surface area contributed by atoms with Crippen LogP contribution < -0.4 is 10.5 Å². The summed E-state index contributed by atoms with van der Waals surface area (Å²) in [5.41, 5.74) is 6.42. The average molecular weight is 284 g/mol. The van der Waals surface area contributed by atoms with Crippen LogP contribution in [0.3, 0.4) is 0 Å². The molecule has 0 amide bonds. The lowest BCUT2D eigenvalue weighted by atomic mass is 10.3. The van der Waals surface area contributed by atoms with E-state index in [1.165, 1.54) is 0 Å². The molecular weight excluding hydrogens is 273 g/mol. The van der Waals surface area contributed by atoms with Crippen LogP contribution in [0, 0.1) is 6.92 Å². The minimum absolute atomic E-state index is 0.211. The van der Waals surface area contributed by atoms with Crippen LogP contribution in [0.4, 0.5) is 5.82 Å². The number of ether oxygens (including phenoxy) is 1. The number of anilines is 1. The zero-order valence-corrected chi connectivity index (χ0v) is 11.2. The number of aromatic nitrogens is 2. The third kappa shape index (κ3) is 3.48. The Kier molecular flexibility index (Phi) is 3.89. The van der Waals surface area contributed by atoms with Crippen LogP contribution in [-0.4, -0.2) is 9.97 Å². The van der Waals surface area contributed by atoms with Gasteiger partial charge in [0.05, 0.1) is 0 Å². The minimum Gasteiger partial charge on any atom is -0.486 e. The van der Waals surface area contributed by atoms with Gasteiger partial charge in [0, 0.05) is 21.8 Å². The Morgan fingerprint density at radius 2 is 1.78 bits per heavy atom. The van der Waals surface area contributed by atoms with Crippen molar-refractivity contribution < 1.29 is 4.74 Å². The second-order valence-electron chi connectivity index (χ2n) is 3.74. The number of halogens is 2. The van der Waals surface area contributed by atoms with Gasteiger partial charge in [-0.05, 0) is 25.1 Å². The fourth-order valence-electron chi connectivity index (χ4n) is 1.48. The van der Waals surface area contributed by atoms with Crippen molar-refractivity contribution in [1.82, 2.24) is 9.97 Å². The molecule has 1 aromatic carbocycles. The topological polar surface area (TPSA) is 61.0 Å². The van der Waals surface area contributed by atoms with Crippen molar-refractivity contribution >= 4 is 29.0 Å². The molecule has 0 unspecified atom stereocenters. The zero-order valence-electron chi connectivity index (χ0n) is 9.65. The van der Waals surface area contributed by atoms with E-state index in [1.807, 2.05) is 6.92 Å². The average Bonchev–Trinajstić information content (AvgIpc) is 2.23. The van der Waals surface area contributed by atoms with Crippen molar-refractivity contribution in [3.8, 4) is 5.75 Å². The molecule has 0 aliphatic rings. The Morgan fingerprint density at radius 1 is 1.11 bits per heavy atom. The van der Waals surface area contributed by atoms with Crippen molar-refractivity contribution in [2.75, 3.05) is 5.73 Å². The molecule has 1 heterocycles. The number of hydrogen-bond acceptors (Lipinski definition) is 4. The van der Waals surface area contributed by atoms with E-state index in [1.54, 1.807) is 24.3 Å². The van der Waals surface area contributed by atoms with Crippen molar-refractivity contribution in [2.45, 2.75) is 13.5 Å². The van der Waals surface area contributed by atoms with Gasteiger partial charge in [0.1, 0.15) is 18.2 Å². The normalized spacial score (nSPS) is 10.4. The lowest BCUT2D eigenvalue weighted by Crippen LogP contribution is -2.05. The number of nitrogen functional groups attached to an aromatic ring is 1. The molecule has 0 atom stereocenters. The van der Waals surface area contributed by atoms with Gasteiger partial charge in [-0.2, -0.15) is 0 Å². The summed E-state index contributed by atoms with van der Waals surface area (Å²) in [5, 5.41) is 1.03. The van der Waals surface area contributed by atoms with E-state index in [2.05, 4.69) is 9.97 Å². The molecule has 0 radical (unpaired) electrons. The van der Waals surface area contributed by atoms with E-state index in [4.69, 9.17) is 33.7 Å². The molecular formula is C12H11Cl2N3O. The second-order valence-corrected chi connectivity index (χ2v) is 4.62. The van der Waals surface area contributed by atoms with E-state index < -0.39 is 0 Å². The summed E-state index contributed by atoms with van der Waals surface area (Å²) in [6, 6.07) is 6.68. The van der Waals surface area contributed by atoms with Gasteiger partial charge >= 0.3 is 0 Å². The summed E-state index contributed by atoms with van der Waals surface area (Å²) in [5.74, 6) is 1.50. The first-order valence-electron chi connectivity index (χ1n) is 5.22. The molecule has 18 heavy (non-hydrogen) atoms. The predicted molar refractivity (Wildman–Crippen MR) is 72.0 cm³/mol. The smallest absolute Gasteiger partial charge is 0.168 e. The monoisotopic (exact) mass is 283 g/mol. The van der Waals surface area contributed by atoms with Gasteiger partial charge in [-0.3, -0.25) is 0 Å². The fourth-order valence-corrected chi connectivity index (χ4v) is 1.99. The highest BCUT2D eigenvalue weighted by Gasteiger charge is 2.03. The molecule has 0 fully saturated rings. The van der Waals surface area contributed by atoms with E-state index in [9.17, 15) is 0 Å². The maximum absolute atomic E-state index is 5.87. The molecule has 2 rings (SSSR count). The maximum Gasteiger partial charge on any atom is 0.168 e. The minimum atomic E-state index is 0.211. The third-order valence-electron chi connectivity index (χ3n) is 2.12. The molecule has 4 nitrogen and oxygen atoms in total. The first kappa shape index (κ1) is 12.9. The Labute approximate surface area is 115 Å². The number of hydrogen-bond donors (Lipinski definition) is 1. The largest absolute Gasteiger partial charge is 0.486 e. The third-order valence-corrected chi connectivity index (χ3v) is 2.56. The Balaban J connectivity index is 2.11. The fraction of sp³-hybridized carbons (Fsp3) is 0.167. The van der Waals surface area contributed by atoms with Crippen LogP contribution in [0.1, 0.15) is 11.5 Å². The van der Waals surface area contributed by atoms with Crippen molar-refractivity contribution in [2.24, 2.45) is 0 Å². The van der Waals surface area contributed by atoms with Gasteiger partial charge < -0.3 is 10.5 Å². The Hall–Kier alpha value is -1.52. The van der Waals surface area contributed by atoms with E-state index in [-0.39, 0.29) is 6.61 Å². The van der Waals surface area contributed by atoms with Gasteiger partial charge in [0.2, 0.25) is 0 Å². The van der Waals surface area contributed by atoms with Crippen LogP contribution in [0.5, 0.6) is 5.75 Å². The molecule has 0 aliphatic heterocycles. The van der Waals surface area contributed by atoms with Crippen LogP contribution in [0.15, 0.2) is 24.3 Å². The van der Waals surface area contributed by atoms with Gasteiger partial charge in [0.25, 0.3) is 0 Å². The summed E-state index contributed by atoms with van der Waals surface area (Å²) in [7, 11) is 0. The van der Waals surface area contributed by atoms with Gasteiger partial charge in [-0.1, -0.05) is 23.2 Å². The number of rotatable bonds is 3. The Morgan fingerprint density at radius 3 is 2.39 bits per heavy atom. The summed E-state index contributed by atoms with van der Waals surface area (Å²) in [6.07, 6.45) is 0. The van der Waals surface area contributed by atoms with Crippen LogP contribution in [-0.2, 0) is 6.61 Å². The van der Waals surface area contributed by atoms with Crippen molar-refractivity contribution in [1.29, 1.82) is 0 Å². The lowest BCUT2D eigenvalue weighted by molar-refractivity contribution is 0.296. The molecule has 6 heteroatoms. The summed E-state index contributed by atoms with van der Waals surface area (Å²) >= 11 is 11.7. The van der Waals surface area contributed by atoms with Crippen LogP contribution in [0.2, 0.25) is 10.0 Å². The highest BCUT2D eigenvalue weighted by molar-refractivity contribution is 6.34. The van der Waals surface area contributed by atoms with Gasteiger partial charge in [0.15, 0.2) is 5.82 Å². The number of benzene rings is 1. The van der Waals surface area contributed by atoms with Crippen LogP contribution >= 0.6 is 23.2 Å². The quantitative estimate of drug-likeness (QED) is 0.939. The molecule has 2 aromatic rings. The molecule has 0 aliphatic carbocycles. The highest BCUT2D eigenvalue weighted by atomic mass is 35.5. The zero-order chi connectivity index (χ0) is 13.1. The van der Waals surface area contributed by atoms with Gasteiger partial charge in [-0.15, -0.1) is 0 Å². The van der Waals surface area contributed by atoms with E-state index >= 15 is 0 Å². The van der Waals surface area contributed by atoms with Gasteiger partial charge in [-0.25, -0.2) is 9.97 Å². The molecule has 1 aromatic heterocycles. The molecule has 0 saturated heterocycles. The maximum atomic E-state index is 5.87. The number of nitrogens with zero attached hydrogens (tertiary/aromatic N) is 2. The van der Waals surface area contributed by atoms with E-state index in [0.717, 1.165) is 5.69 Å². The first-order chi connectivity index (χ1) is 8.52. The first-order valence-corrected chi connectivity index (χ1v) is 5.97. The number of aryl methyl sites for hydroxylation is 1.